The SMILES string of the molecule is CC1CC(C)CN(S(=O)(=O)N(C)C2CCCNC2)C1. The summed E-state index contributed by atoms with van der Waals surface area (Å²) in [6.07, 6.45) is 3.14. The van der Waals surface area contributed by atoms with Crippen LogP contribution in [0.4, 0.5) is 0 Å². The third-order valence-corrected chi connectivity index (χ3v) is 6.29. The molecule has 0 aromatic rings. The molecule has 0 saturated carbocycles. The van der Waals surface area contributed by atoms with Crippen LogP contribution >= 0.6 is 0 Å². The van der Waals surface area contributed by atoms with Crippen molar-refractivity contribution >= 4 is 10.2 Å². The van der Waals surface area contributed by atoms with Crippen molar-refractivity contribution in [3.8, 4) is 0 Å². The second-order valence-corrected chi connectivity index (χ2v) is 8.28. The number of hydrogen-bond donors (Lipinski definition) is 1. The average Bonchev–Trinajstić information content (AvgIpc) is 2.37. The molecule has 0 radical (unpaired) electrons. The molecule has 112 valence electrons. The predicted molar refractivity (Wildman–Crippen MR) is 77.1 cm³/mol. The van der Waals surface area contributed by atoms with Crippen LogP contribution in [0.25, 0.3) is 0 Å². The molecular formula is C13H27N3O2S. The molecule has 2 rings (SSSR count). The summed E-state index contributed by atoms with van der Waals surface area (Å²) < 4.78 is 28.7. The van der Waals surface area contributed by atoms with Crippen LogP contribution in [0, 0.1) is 11.8 Å². The van der Waals surface area contributed by atoms with E-state index in [1.54, 1.807) is 15.7 Å². The van der Waals surface area contributed by atoms with Crippen molar-refractivity contribution in [2.45, 2.75) is 39.2 Å². The highest BCUT2D eigenvalue weighted by atomic mass is 32.2. The Morgan fingerprint density at radius 1 is 1.21 bits per heavy atom. The van der Waals surface area contributed by atoms with Gasteiger partial charge < -0.3 is 5.32 Å². The Bertz CT molecular complexity index is 383. The van der Waals surface area contributed by atoms with E-state index in [0.29, 0.717) is 24.9 Å². The van der Waals surface area contributed by atoms with Crippen LogP contribution in [0.5, 0.6) is 0 Å². The van der Waals surface area contributed by atoms with E-state index in [4.69, 9.17) is 0 Å². The van der Waals surface area contributed by atoms with Gasteiger partial charge in [-0.25, -0.2) is 0 Å². The third-order valence-electron chi connectivity index (χ3n) is 4.31. The minimum atomic E-state index is -3.30. The zero-order valence-electron chi connectivity index (χ0n) is 12.3. The van der Waals surface area contributed by atoms with Gasteiger partial charge in [-0.1, -0.05) is 13.8 Å². The van der Waals surface area contributed by atoms with E-state index in [0.717, 1.165) is 32.4 Å². The molecule has 2 aliphatic heterocycles. The summed E-state index contributed by atoms with van der Waals surface area (Å²) >= 11 is 0. The molecule has 3 atom stereocenters. The highest BCUT2D eigenvalue weighted by molar-refractivity contribution is 7.86. The summed E-state index contributed by atoms with van der Waals surface area (Å²) in [6.45, 7) is 7.38. The number of piperidine rings is 2. The van der Waals surface area contributed by atoms with Gasteiger partial charge in [0.25, 0.3) is 10.2 Å². The number of likely N-dealkylation sites (N-methyl/N-ethyl adjacent to an activating group) is 1. The number of rotatable bonds is 3. The van der Waals surface area contributed by atoms with Crippen LogP contribution in [-0.4, -0.2) is 56.3 Å². The smallest absolute Gasteiger partial charge is 0.282 e. The van der Waals surface area contributed by atoms with Crippen LogP contribution in [-0.2, 0) is 10.2 Å². The molecule has 2 aliphatic rings. The standard InChI is InChI=1S/C13H27N3O2S/c1-11-7-12(2)10-16(9-11)19(17,18)15(3)13-5-4-6-14-8-13/h11-14H,4-10H2,1-3H3. The quantitative estimate of drug-likeness (QED) is 0.839. The average molecular weight is 289 g/mol. The van der Waals surface area contributed by atoms with Crippen molar-refractivity contribution in [3.05, 3.63) is 0 Å². The first-order valence-corrected chi connectivity index (χ1v) is 8.74. The van der Waals surface area contributed by atoms with E-state index in [2.05, 4.69) is 19.2 Å². The van der Waals surface area contributed by atoms with Crippen LogP contribution in [0.3, 0.4) is 0 Å². The molecule has 0 amide bonds. The molecule has 0 bridgehead atoms. The molecule has 3 unspecified atom stereocenters. The zero-order valence-corrected chi connectivity index (χ0v) is 13.1. The monoisotopic (exact) mass is 289 g/mol. The summed E-state index contributed by atoms with van der Waals surface area (Å²) in [5.74, 6) is 0.910. The topological polar surface area (TPSA) is 52.7 Å². The fourth-order valence-corrected chi connectivity index (χ4v) is 5.12. The molecule has 0 aromatic carbocycles. The van der Waals surface area contributed by atoms with Crippen molar-refractivity contribution in [2.24, 2.45) is 11.8 Å². The van der Waals surface area contributed by atoms with E-state index < -0.39 is 10.2 Å². The minimum absolute atomic E-state index is 0.103. The Kier molecular flexibility index (Phi) is 4.87. The predicted octanol–water partition coefficient (Wildman–Crippen LogP) is 0.893. The molecule has 2 heterocycles. The van der Waals surface area contributed by atoms with Crippen molar-refractivity contribution in [1.29, 1.82) is 0 Å². The Morgan fingerprint density at radius 3 is 2.37 bits per heavy atom. The Morgan fingerprint density at radius 2 is 1.84 bits per heavy atom. The first kappa shape index (κ1) is 15.2. The van der Waals surface area contributed by atoms with Crippen molar-refractivity contribution < 1.29 is 8.42 Å². The highest BCUT2D eigenvalue weighted by Gasteiger charge is 2.36. The first-order valence-electron chi connectivity index (χ1n) is 7.35. The van der Waals surface area contributed by atoms with Gasteiger partial charge in [0.15, 0.2) is 0 Å². The molecule has 0 aliphatic carbocycles. The van der Waals surface area contributed by atoms with Gasteiger partial charge in [0.2, 0.25) is 0 Å². The van der Waals surface area contributed by atoms with Crippen LogP contribution in [0.15, 0.2) is 0 Å². The Balaban J connectivity index is 2.07. The first-order chi connectivity index (χ1) is 8.91. The van der Waals surface area contributed by atoms with Gasteiger partial charge in [-0.05, 0) is 37.6 Å². The minimum Gasteiger partial charge on any atom is -0.315 e. The number of hydrogen-bond acceptors (Lipinski definition) is 3. The Hall–Kier alpha value is -0.170. The molecule has 19 heavy (non-hydrogen) atoms. The van der Waals surface area contributed by atoms with Gasteiger partial charge in [0, 0.05) is 32.7 Å². The largest absolute Gasteiger partial charge is 0.315 e. The lowest BCUT2D eigenvalue weighted by Crippen LogP contribution is -2.54. The lowest BCUT2D eigenvalue weighted by molar-refractivity contribution is 0.200. The third kappa shape index (κ3) is 3.48. The molecule has 0 spiro atoms. The fourth-order valence-electron chi connectivity index (χ4n) is 3.31. The van der Waals surface area contributed by atoms with E-state index in [9.17, 15) is 8.42 Å². The summed E-state index contributed by atoms with van der Waals surface area (Å²) in [7, 11) is -1.57. The lowest BCUT2D eigenvalue weighted by Gasteiger charge is -2.39. The summed E-state index contributed by atoms with van der Waals surface area (Å²) in [4.78, 5) is 0. The normalized spacial score (nSPS) is 34.6. The molecule has 0 aromatic heterocycles. The van der Waals surface area contributed by atoms with E-state index in [-0.39, 0.29) is 6.04 Å². The van der Waals surface area contributed by atoms with Crippen LogP contribution in [0.2, 0.25) is 0 Å². The zero-order chi connectivity index (χ0) is 14.0. The van der Waals surface area contributed by atoms with Gasteiger partial charge in [0.05, 0.1) is 0 Å². The Labute approximate surface area is 117 Å². The highest BCUT2D eigenvalue weighted by Crippen LogP contribution is 2.25. The molecule has 6 heteroatoms. The summed E-state index contributed by atoms with van der Waals surface area (Å²) in [5, 5.41) is 3.28. The van der Waals surface area contributed by atoms with Gasteiger partial charge in [-0.15, -0.1) is 0 Å². The van der Waals surface area contributed by atoms with Crippen molar-refractivity contribution in [1.82, 2.24) is 13.9 Å². The summed E-state index contributed by atoms with van der Waals surface area (Å²) in [6, 6.07) is 0.103. The number of nitrogens with one attached hydrogen (secondary N) is 1. The molecule has 1 N–H and O–H groups in total. The maximum Gasteiger partial charge on any atom is 0.282 e. The maximum absolute atomic E-state index is 12.7. The number of nitrogens with zero attached hydrogens (tertiary/aromatic N) is 2. The fraction of sp³-hybridized carbons (Fsp3) is 1.00. The maximum atomic E-state index is 12.7. The van der Waals surface area contributed by atoms with Gasteiger partial charge in [-0.3, -0.25) is 0 Å². The van der Waals surface area contributed by atoms with E-state index in [1.807, 2.05) is 0 Å². The molecule has 5 nitrogen and oxygen atoms in total. The van der Waals surface area contributed by atoms with Gasteiger partial charge in [0.1, 0.15) is 0 Å². The van der Waals surface area contributed by atoms with Crippen molar-refractivity contribution in [3.63, 3.8) is 0 Å². The molecule has 2 saturated heterocycles. The molecular weight excluding hydrogens is 262 g/mol. The summed E-state index contributed by atoms with van der Waals surface area (Å²) in [5.41, 5.74) is 0. The van der Waals surface area contributed by atoms with E-state index >= 15 is 0 Å². The van der Waals surface area contributed by atoms with Crippen molar-refractivity contribution in [2.75, 3.05) is 33.2 Å². The second-order valence-electron chi connectivity index (χ2n) is 6.29. The van der Waals surface area contributed by atoms with Gasteiger partial charge in [-0.2, -0.15) is 17.0 Å². The second kappa shape index (κ2) is 6.08. The van der Waals surface area contributed by atoms with E-state index in [1.165, 1.54) is 0 Å². The van der Waals surface area contributed by atoms with Gasteiger partial charge >= 0.3 is 0 Å². The molecule has 2 fully saturated rings. The van der Waals surface area contributed by atoms with Crippen LogP contribution in [0.1, 0.15) is 33.1 Å². The van der Waals surface area contributed by atoms with Crippen LogP contribution < -0.4 is 5.32 Å². The lowest BCUT2D eigenvalue weighted by atomic mass is 9.94.